The second kappa shape index (κ2) is 7.70. The zero-order valence-electron chi connectivity index (χ0n) is 15.4. The van der Waals surface area contributed by atoms with Crippen molar-refractivity contribution in [1.82, 2.24) is 14.5 Å². The molecule has 0 spiro atoms. The Labute approximate surface area is 152 Å². The number of carbonyl (C=O) groups excluding carboxylic acids is 1. The first kappa shape index (κ1) is 18.1. The van der Waals surface area contributed by atoms with Crippen molar-refractivity contribution in [3.05, 3.63) is 29.8 Å². The molecule has 0 saturated heterocycles. The number of methoxy groups -OCH3 is 1. The second-order valence-electron chi connectivity index (χ2n) is 6.40. The maximum absolute atomic E-state index is 12.7. The lowest BCUT2D eigenvalue weighted by Gasteiger charge is -2.10. The molecule has 2 N–H and O–H groups in total. The average Bonchev–Trinajstić information content (AvgIpc) is 2.92. The number of hydrogen-bond donors (Lipinski definition) is 1. The molecular formula is C19H24N4O3. The molecule has 0 fully saturated rings. The first-order valence-corrected chi connectivity index (χ1v) is 8.77. The van der Waals surface area contributed by atoms with E-state index in [2.05, 4.69) is 16.9 Å². The lowest BCUT2D eigenvalue weighted by Crippen LogP contribution is -2.14. The highest BCUT2D eigenvalue weighted by molar-refractivity contribution is 6.08. The highest BCUT2D eigenvalue weighted by Gasteiger charge is 2.25. The molecular weight excluding hydrogens is 332 g/mol. The smallest absolute Gasteiger partial charge is 0.344 e. The summed E-state index contributed by atoms with van der Waals surface area (Å²) in [5, 5.41) is 0. The molecule has 2 aromatic heterocycles. The quantitative estimate of drug-likeness (QED) is 0.654. The van der Waals surface area contributed by atoms with Crippen molar-refractivity contribution in [1.29, 1.82) is 0 Å². The van der Waals surface area contributed by atoms with E-state index in [0.717, 1.165) is 11.9 Å². The summed E-state index contributed by atoms with van der Waals surface area (Å²) in [6.07, 6.45) is 0.933. The molecule has 7 nitrogen and oxygen atoms in total. The van der Waals surface area contributed by atoms with E-state index in [-0.39, 0.29) is 11.5 Å². The zero-order chi connectivity index (χ0) is 18.7. The number of hydrogen-bond acceptors (Lipinski definition) is 6. The first-order chi connectivity index (χ1) is 12.6. The average molecular weight is 356 g/mol. The van der Waals surface area contributed by atoms with E-state index in [1.807, 2.05) is 31.2 Å². The molecule has 1 aromatic carbocycles. The normalized spacial score (nSPS) is 12.6. The fraction of sp³-hybridized carbons (Fsp3) is 0.421. The number of anilines is 1. The Balaban J connectivity index is 2.12. The fourth-order valence-electron chi connectivity index (χ4n) is 2.74. The van der Waals surface area contributed by atoms with Crippen molar-refractivity contribution >= 4 is 34.0 Å². The van der Waals surface area contributed by atoms with Crippen LogP contribution in [-0.2, 0) is 16.0 Å². The van der Waals surface area contributed by atoms with Gasteiger partial charge in [-0.25, -0.2) is 14.8 Å². The SMILES string of the molecule is CCC(C)COC(=O)c1c(N)n(CCOC)c2nc3ccccc3nc12. The summed E-state index contributed by atoms with van der Waals surface area (Å²) in [4.78, 5) is 22.0. The second-order valence-corrected chi connectivity index (χ2v) is 6.40. The number of ether oxygens (including phenoxy) is 2. The standard InChI is InChI=1S/C19H24N4O3/c1-4-12(2)11-26-19(24)15-16-18(23(17(15)20)9-10-25-3)22-14-8-6-5-7-13(14)21-16/h5-8,12H,4,9-11,20H2,1-3H3. The monoisotopic (exact) mass is 356 g/mol. The molecule has 2 heterocycles. The lowest BCUT2D eigenvalue weighted by molar-refractivity contribution is 0.0450. The van der Waals surface area contributed by atoms with Crippen LogP contribution in [0.2, 0.25) is 0 Å². The Kier molecular flexibility index (Phi) is 5.37. The van der Waals surface area contributed by atoms with Crippen LogP contribution in [0.5, 0.6) is 0 Å². The Morgan fingerprint density at radius 1 is 1.27 bits per heavy atom. The molecule has 0 aliphatic heterocycles. The Bertz CT molecular complexity index is 935. The fourth-order valence-corrected chi connectivity index (χ4v) is 2.74. The summed E-state index contributed by atoms with van der Waals surface area (Å²) in [5.74, 6) is 0.129. The van der Waals surface area contributed by atoms with Crippen molar-refractivity contribution in [3.8, 4) is 0 Å². The number of fused-ring (bicyclic) bond motifs is 2. The van der Waals surface area contributed by atoms with Gasteiger partial charge in [-0.1, -0.05) is 32.4 Å². The van der Waals surface area contributed by atoms with Crippen LogP contribution in [0.25, 0.3) is 22.2 Å². The van der Waals surface area contributed by atoms with Crippen LogP contribution in [0.15, 0.2) is 24.3 Å². The number of nitrogens with two attached hydrogens (primary N) is 1. The third-order valence-corrected chi connectivity index (χ3v) is 4.51. The molecule has 0 amide bonds. The minimum Gasteiger partial charge on any atom is -0.462 e. The van der Waals surface area contributed by atoms with E-state index in [1.165, 1.54) is 0 Å². The number of rotatable bonds is 7. The van der Waals surface area contributed by atoms with Crippen LogP contribution in [0, 0.1) is 5.92 Å². The van der Waals surface area contributed by atoms with E-state index in [1.54, 1.807) is 11.7 Å². The van der Waals surface area contributed by atoms with Crippen molar-refractivity contribution in [3.63, 3.8) is 0 Å². The molecule has 3 aromatic rings. The van der Waals surface area contributed by atoms with Gasteiger partial charge in [0.25, 0.3) is 0 Å². The number of benzene rings is 1. The molecule has 1 atom stereocenters. The maximum atomic E-state index is 12.7. The van der Waals surface area contributed by atoms with Crippen LogP contribution in [0.3, 0.4) is 0 Å². The van der Waals surface area contributed by atoms with Gasteiger partial charge in [0.15, 0.2) is 5.65 Å². The van der Waals surface area contributed by atoms with E-state index in [0.29, 0.717) is 42.3 Å². The molecule has 7 heteroatoms. The third kappa shape index (κ3) is 3.35. The van der Waals surface area contributed by atoms with E-state index < -0.39 is 5.97 Å². The summed E-state index contributed by atoms with van der Waals surface area (Å²) >= 11 is 0. The summed E-state index contributed by atoms with van der Waals surface area (Å²) < 4.78 is 12.4. The van der Waals surface area contributed by atoms with Gasteiger partial charge >= 0.3 is 5.97 Å². The topological polar surface area (TPSA) is 92.3 Å². The van der Waals surface area contributed by atoms with Crippen LogP contribution >= 0.6 is 0 Å². The maximum Gasteiger partial charge on any atom is 0.344 e. The van der Waals surface area contributed by atoms with Crippen LogP contribution in [0.4, 0.5) is 5.82 Å². The molecule has 26 heavy (non-hydrogen) atoms. The van der Waals surface area contributed by atoms with Gasteiger partial charge in [0.2, 0.25) is 0 Å². The van der Waals surface area contributed by atoms with Crippen molar-refractivity contribution < 1.29 is 14.3 Å². The number of nitrogens with zero attached hydrogens (tertiary/aromatic N) is 3. The summed E-state index contributed by atoms with van der Waals surface area (Å²) in [6, 6.07) is 7.52. The molecule has 0 bridgehead atoms. The number of esters is 1. The van der Waals surface area contributed by atoms with Crippen molar-refractivity contribution in [2.45, 2.75) is 26.8 Å². The molecule has 1 unspecified atom stereocenters. The first-order valence-electron chi connectivity index (χ1n) is 8.77. The lowest BCUT2D eigenvalue weighted by atomic mass is 10.1. The van der Waals surface area contributed by atoms with Gasteiger partial charge in [0, 0.05) is 13.7 Å². The molecule has 138 valence electrons. The predicted octanol–water partition coefficient (Wildman–Crippen LogP) is 3.02. The number of carbonyl (C=O) groups is 1. The predicted molar refractivity (Wildman–Crippen MR) is 101 cm³/mol. The van der Waals surface area contributed by atoms with Gasteiger partial charge < -0.3 is 19.8 Å². The van der Waals surface area contributed by atoms with Crippen LogP contribution in [-0.4, -0.2) is 40.8 Å². The van der Waals surface area contributed by atoms with Crippen molar-refractivity contribution in [2.75, 3.05) is 26.1 Å². The number of nitrogen functional groups attached to an aromatic ring is 1. The third-order valence-electron chi connectivity index (χ3n) is 4.51. The van der Waals surface area contributed by atoms with Gasteiger partial charge in [-0.2, -0.15) is 0 Å². The minimum absolute atomic E-state index is 0.276. The molecule has 0 saturated carbocycles. The molecule has 0 aliphatic rings. The van der Waals surface area contributed by atoms with E-state index >= 15 is 0 Å². The Morgan fingerprint density at radius 2 is 1.96 bits per heavy atom. The number of aromatic nitrogens is 3. The van der Waals surface area contributed by atoms with Gasteiger partial charge in [-0.15, -0.1) is 0 Å². The van der Waals surface area contributed by atoms with Crippen LogP contribution < -0.4 is 5.73 Å². The molecule has 0 aliphatic carbocycles. The van der Waals surface area contributed by atoms with Gasteiger partial charge in [0.05, 0.1) is 24.2 Å². The summed E-state index contributed by atoms with van der Waals surface area (Å²) in [5.41, 5.74) is 9.04. The molecule has 3 rings (SSSR count). The van der Waals surface area contributed by atoms with Gasteiger partial charge in [0.1, 0.15) is 16.9 Å². The molecule has 0 radical (unpaired) electrons. The Morgan fingerprint density at radius 3 is 2.62 bits per heavy atom. The largest absolute Gasteiger partial charge is 0.462 e. The van der Waals surface area contributed by atoms with E-state index in [9.17, 15) is 4.79 Å². The summed E-state index contributed by atoms with van der Waals surface area (Å²) in [7, 11) is 1.62. The Hall–Kier alpha value is -2.67. The summed E-state index contributed by atoms with van der Waals surface area (Å²) in [6.45, 7) is 5.36. The van der Waals surface area contributed by atoms with Gasteiger partial charge in [-0.3, -0.25) is 0 Å². The van der Waals surface area contributed by atoms with E-state index in [4.69, 9.17) is 15.2 Å². The highest BCUT2D eigenvalue weighted by atomic mass is 16.5. The number of para-hydroxylation sites is 2. The van der Waals surface area contributed by atoms with Gasteiger partial charge in [-0.05, 0) is 18.1 Å². The zero-order valence-corrected chi connectivity index (χ0v) is 15.4. The highest BCUT2D eigenvalue weighted by Crippen LogP contribution is 2.28. The van der Waals surface area contributed by atoms with Crippen LogP contribution in [0.1, 0.15) is 30.6 Å². The minimum atomic E-state index is -0.464. The van der Waals surface area contributed by atoms with Crippen molar-refractivity contribution in [2.24, 2.45) is 5.92 Å².